The van der Waals surface area contributed by atoms with E-state index in [1.54, 1.807) is 0 Å². The van der Waals surface area contributed by atoms with Crippen LogP contribution >= 0.6 is 0 Å². The summed E-state index contributed by atoms with van der Waals surface area (Å²) in [6.45, 7) is 4.98. The molecular weight excluding hydrogens is 228 g/mol. The zero-order chi connectivity index (χ0) is 13.5. The summed E-state index contributed by atoms with van der Waals surface area (Å²) in [6.07, 6.45) is 19.7. The Morgan fingerprint density at radius 1 is 0.737 bits per heavy atom. The Morgan fingerprint density at radius 3 is 1.79 bits per heavy atom. The minimum atomic E-state index is 0.998. The minimum absolute atomic E-state index is 0.998. The molecule has 2 fully saturated rings. The Bertz CT molecular complexity index is 220. The molecule has 2 saturated carbocycles. The highest BCUT2D eigenvalue weighted by atomic mass is 14.3. The lowest BCUT2D eigenvalue weighted by atomic mass is 9.73. The molecule has 0 radical (unpaired) electrons. The molecule has 2 aliphatic carbocycles. The Morgan fingerprint density at radius 2 is 1.26 bits per heavy atom. The van der Waals surface area contributed by atoms with E-state index in [-0.39, 0.29) is 0 Å². The fourth-order valence-electron chi connectivity index (χ4n) is 4.79. The van der Waals surface area contributed by atoms with E-state index in [0.717, 1.165) is 23.7 Å². The summed E-state index contributed by atoms with van der Waals surface area (Å²) >= 11 is 0. The summed E-state index contributed by atoms with van der Waals surface area (Å²) in [5.74, 6) is 4.19. The van der Waals surface area contributed by atoms with Gasteiger partial charge in [-0.1, -0.05) is 90.9 Å². The van der Waals surface area contributed by atoms with E-state index in [1.165, 1.54) is 83.5 Å². The first-order chi connectivity index (χ1) is 9.31. The number of rotatable bonds is 6. The van der Waals surface area contributed by atoms with Gasteiger partial charge < -0.3 is 0 Å². The van der Waals surface area contributed by atoms with Crippen LogP contribution in [-0.4, -0.2) is 0 Å². The van der Waals surface area contributed by atoms with Crippen LogP contribution in [0.15, 0.2) is 0 Å². The van der Waals surface area contributed by atoms with Gasteiger partial charge in [-0.25, -0.2) is 0 Å². The van der Waals surface area contributed by atoms with E-state index in [4.69, 9.17) is 0 Å². The van der Waals surface area contributed by atoms with E-state index in [2.05, 4.69) is 13.8 Å². The maximum Gasteiger partial charge on any atom is -0.0386 e. The van der Waals surface area contributed by atoms with Crippen LogP contribution in [-0.2, 0) is 0 Å². The summed E-state index contributed by atoms with van der Waals surface area (Å²) in [7, 11) is 0. The second-order valence-electron chi connectivity index (χ2n) is 7.52. The molecule has 2 unspecified atom stereocenters. The topological polar surface area (TPSA) is 0 Å². The van der Waals surface area contributed by atoms with Crippen molar-refractivity contribution in [3.63, 3.8) is 0 Å². The van der Waals surface area contributed by atoms with Crippen molar-refractivity contribution in [1.29, 1.82) is 0 Å². The minimum Gasteiger partial charge on any atom is -0.0651 e. The summed E-state index contributed by atoms with van der Waals surface area (Å²) in [4.78, 5) is 0. The van der Waals surface area contributed by atoms with Crippen LogP contribution in [0.5, 0.6) is 0 Å². The molecule has 2 rings (SSSR count). The Labute approximate surface area is 121 Å². The van der Waals surface area contributed by atoms with Crippen molar-refractivity contribution in [1.82, 2.24) is 0 Å². The first-order valence-electron chi connectivity index (χ1n) is 9.31. The average Bonchev–Trinajstić information content (AvgIpc) is 2.49. The van der Waals surface area contributed by atoms with E-state index in [9.17, 15) is 0 Å². The molecule has 112 valence electrons. The predicted octanol–water partition coefficient (Wildman–Crippen LogP) is 6.59. The van der Waals surface area contributed by atoms with Crippen molar-refractivity contribution < 1.29 is 0 Å². The third-order valence-electron chi connectivity index (χ3n) is 6.29. The molecule has 0 aliphatic heterocycles. The van der Waals surface area contributed by atoms with Crippen molar-refractivity contribution in [2.75, 3.05) is 0 Å². The van der Waals surface area contributed by atoms with Crippen LogP contribution in [0.3, 0.4) is 0 Å². The molecule has 0 aromatic heterocycles. The van der Waals surface area contributed by atoms with Gasteiger partial charge in [-0.3, -0.25) is 0 Å². The highest BCUT2D eigenvalue weighted by molar-refractivity contribution is 4.76. The molecule has 0 aromatic rings. The zero-order valence-corrected chi connectivity index (χ0v) is 13.5. The molecule has 0 aromatic carbocycles. The Hall–Kier alpha value is 0. The predicted molar refractivity (Wildman–Crippen MR) is 85.3 cm³/mol. The molecule has 0 heteroatoms. The van der Waals surface area contributed by atoms with Crippen molar-refractivity contribution in [3.05, 3.63) is 0 Å². The summed E-state index contributed by atoms with van der Waals surface area (Å²) in [6, 6.07) is 0. The van der Waals surface area contributed by atoms with E-state index < -0.39 is 0 Å². The molecule has 0 heterocycles. The van der Waals surface area contributed by atoms with E-state index in [1.807, 2.05) is 0 Å². The summed E-state index contributed by atoms with van der Waals surface area (Å²) in [5.41, 5.74) is 0. The van der Waals surface area contributed by atoms with Gasteiger partial charge in [-0.15, -0.1) is 0 Å². The maximum absolute atomic E-state index is 2.55. The second kappa shape index (κ2) is 8.32. The highest BCUT2D eigenvalue weighted by Gasteiger charge is 2.25. The monoisotopic (exact) mass is 264 g/mol. The van der Waals surface area contributed by atoms with Crippen LogP contribution in [0.2, 0.25) is 0 Å². The van der Waals surface area contributed by atoms with E-state index >= 15 is 0 Å². The maximum atomic E-state index is 2.55. The lowest BCUT2D eigenvalue weighted by molar-refractivity contribution is 0.192. The van der Waals surface area contributed by atoms with Crippen LogP contribution in [0, 0.1) is 23.7 Å². The molecule has 19 heavy (non-hydrogen) atoms. The molecule has 0 spiro atoms. The van der Waals surface area contributed by atoms with Crippen LogP contribution < -0.4 is 0 Å². The quantitative estimate of drug-likeness (QED) is 0.507. The van der Waals surface area contributed by atoms with Crippen LogP contribution in [0.4, 0.5) is 0 Å². The van der Waals surface area contributed by atoms with Crippen LogP contribution in [0.1, 0.15) is 97.3 Å². The first-order valence-corrected chi connectivity index (χ1v) is 9.31. The van der Waals surface area contributed by atoms with Gasteiger partial charge in [0.25, 0.3) is 0 Å². The van der Waals surface area contributed by atoms with Crippen molar-refractivity contribution >= 4 is 0 Å². The number of hydrogen-bond donors (Lipinski definition) is 0. The SMILES string of the molecule is CCC(CCC(C)C1CCCCC1)C1CCCCC1. The van der Waals surface area contributed by atoms with Crippen LogP contribution in [0.25, 0.3) is 0 Å². The lowest BCUT2D eigenvalue weighted by Gasteiger charge is -2.32. The molecule has 0 bridgehead atoms. The smallest absolute Gasteiger partial charge is 0.0386 e. The first kappa shape index (κ1) is 15.4. The normalized spacial score (nSPS) is 26.2. The van der Waals surface area contributed by atoms with Gasteiger partial charge in [0.05, 0.1) is 0 Å². The lowest BCUT2D eigenvalue weighted by Crippen LogP contribution is -2.20. The Balaban J connectivity index is 1.71. The van der Waals surface area contributed by atoms with Gasteiger partial charge in [0.15, 0.2) is 0 Å². The molecule has 0 nitrogen and oxygen atoms in total. The summed E-state index contributed by atoms with van der Waals surface area (Å²) < 4.78 is 0. The largest absolute Gasteiger partial charge is 0.0651 e. The molecule has 2 aliphatic rings. The van der Waals surface area contributed by atoms with Gasteiger partial charge >= 0.3 is 0 Å². The third-order valence-corrected chi connectivity index (χ3v) is 6.29. The van der Waals surface area contributed by atoms with Crippen molar-refractivity contribution in [2.45, 2.75) is 97.3 Å². The summed E-state index contributed by atoms with van der Waals surface area (Å²) in [5, 5.41) is 0. The van der Waals surface area contributed by atoms with Gasteiger partial charge in [0, 0.05) is 0 Å². The molecule has 0 saturated heterocycles. The molecule has 2 atom stereocenters. The highest BCUT2D eigenvalue weighted by Crippen LogP contribution is 2.37. The molecule has 0 N–H and O–H groups in total. The van der Waals surface area contributed by atoms with Gasteiger partial charge in [0.1, 0.15) is 0 Å². The standard InChI is InChI=1S/C19H36/c1-3-17(19-12-8-5-9-13-19)15-14-16(2)18-10-6-4-7-11-18/h16-19H,3-15H2,1-2H3. The average molecular weight is 264 g/mol. The fourth-order valence-corrected chi connectivity index (χ4v) is 4.79. The van der Waals surface area contributed by atoms with Crippen molar-refractivity contribution in [2.24, 2.45) is 23.7 Å². The molecular formula is C19H36. The number of hydrogen-bond acceptors (Lipinski definition) is 0. The van der Waals surface area contributed by atoms with Gasteiger partial charge in [0.2, 0.25) is 0 Å². The van der Waals surface area contributed by atoms with Gasteiger partial charge in [-0.05, 0) is 30.1 Å². The third kappa shape index (κ3) is 4.80. The second-order valence-corrected chi connectivity index (χ2v) is 7.52. The van der Waals surface area contributed by atoms with Crippen molar-refractivity contribution in [3.8, 4) is 0 Å². The molecule has 0 amide bonds. The fraction of sp³-hybridized carbons (Fsp3) is 1.00. The Kier molecular flexibility index (Phi) is 6.74. The van der Waals surface area contributed by atoms with E-state index in [0.29, 0.717) is 0 Å². The van der Waals surface area contributed by atoms with Gasteiger partial charge in [-0.2, -0.15) is 0 Å². The zero-order valence-electron chi connectivity index (χ0n) is 13.5.